The Hall–Kier alpha value is -0.640. The molecular weight excluding hydrogens is 251 g/mol. The zero-order valence-electron chi connectivity index (χ0n) is 10.6. The monoisotopic (exact) mass is 272 g/mol. The molecule has 0 saturated carbocycles. The number of rotatable bonds is 4. The van der Waals surface area contributed by atoms with Crippen LogP contribution in [-0.2, 0) is 6.54 Å². The van der Waals surface area contributed by atoms with Gasteiger partial charge in [-0.25, -0.2) is 4.39 Å². The molecule has 1 aromatic rings. The van der Waals surface area contributed by atoms with Gasteiger partial charge < -0.3 is 5.73 Å². The van der Waals surface area contributed by atoms with Crippen LogP contribution in [0, 0.1) is 5.82 Å². The molecule has 1 heterocycles. The van der Waals surface area contributed by atoms with Crippen molar-refractivity contribution in [3.05, 3.63) is 35.6 Å². The molecule has 1 aliphatic heterocycles. The van der Waals surface area contributed by atoms with Gasteiger partial charge in [0.25, 0.3) is 0 Å². The lowest BCUT2D eigenvalue weighted by atomic mass is 9.98. The van der Waals surface area contributed by atoms with Gasteiger partial charge in [0.15, 0.2) is 0 Å². The second-order valence-corrected chi connectivity index (χ2v) is 4.83. The number of hydrogen-bond acceptors (Lipinski definition) is 2. The van der Waals surface area contributed by atoms with Gasteiger partial charge >= 0.3 is 0 Å². The molecule has 1 atom stereocenters. The summed E-state index contributed by atoms with van der Waals surface area (Å²) in [6, 6.07) is 7.49. The molecule has 2 nitrogen and oxygen atoms in total. The van der Waals surface area contributed by atoms with E-state index in [1.807, 2.05) is 6.07 Å². The fourth-order valence-corrected chi connectivity index (χ4v) is 2.66. The normalized spacial score (nSPS) is 20.4. The average Bonchev–Trinajstić information content (AvgIpc) is 2.32. The number of likely N-dealkylation sites (tertiary alicyclic amines) is 1. The molecule has 0 bridgehead atoms. The SMILES string of the molecule is Cl.NCCC1CCCCN1Cc1cccc(F)c1. The van der Waals surface area contributed by atoms with E-state index in [-0.39, 0.29) is 18.2 Å². The third-order valence-corrected chi connectivity index (χ3v) is 3.52. The van der Waals surface area contributed by atoms with Crippen molar-refractivity contribution >= 4 is 12.4 Å². The van der Waals surface area contributed by atoms with Crippen molar-refractivity contribution in [2.45, 2.75) is 38.3 Å². The minimum atomic E-state index is -0.144. The minimum absolute atomic E-state index is 0. The van der Waals surface area contributed by atoms with Gasteiger partial charge in [-0.05, 0) is 50.0 Å². The third kappa shape index (κ3) is 4.23. The van der Waals surface area contributed by atoms with Crippen LogP contribution in [-0.4, -0.2) is 24.0 Å². The van der Waals surface area contributed by atoms with Crippen LogP contribution >= 0.6 is 12.4 Å². The molecule has 2 N–H and O–H groups in total. The standard InChI is InChI=1S/C14H21FN2.ClH/c15-13-5-3-4-12(10-13)11-17-9-2-1-6-14(17)7-8-16;/h3-5,10,14H,1-2,6-9,11,16H2;1H. The molecule has 1 unspecified atom stereocenters. The van der Waals surface area contributed by atoms with Crippen molar-refractivity contribution in [1.29, 1.82) is 0 Å². The van der Waals surface area contributed by atoms with E-state index in [0.29, 0.717) is 6.04 Å². The van der Waals surface area contributed by atoms with Gasteiger partial charge in [-0.3, -0.25) is 4.90 Å². The summed E-state index contributed by atoms with van der Waals surface area (Å²) in [6.07, 6.45) is 4.82. The van der Waals surface area contributed by atoms with Crippen LogP contribution in [0.5, 0.6) is 0 Å². The Morgan fingerprint density at radius 3 is 2.89 bits per heavy atom. The van der Waals surface area contributed by atoms with Crippen LogP contribution < -0.4 is 5.73 Å². The van der Waals surface area contributed by atoms with Crippen molar-refractivity contribution in [2.24, 2.45) is 5.73 Å². The molecule has 18 heavy (non-hydrogen) atoms. The van der Waals surface area contributed by atoms with E-state index in [2.05, 4.69) is 4.90 Å². The Bertz CT molecular complexity index is 357. The zero-order valence-corrected chi connectivity index (χ0v) is 11.5. The minimum Gasteiger partial charge on any atom is -0.330 e. The molecule has 4 heteroatoms. The first-order valence-corrected chi connectivity index (χ1v) is 6.48. The van der Waals surface area contributed by atoms with Crippen LogP contribution in [0.2, 0.25) is 0 Å². The molecule has 0 radical (unpaired) electrons. The maximum atomic E-state index is 13.1. The van der Waals surface area contributed by atoms with Crippen molar-refractivity contribution in [3.8, 4) is 0 Å². The van der Waals surface area contributed by atoms with Gasteiger partial charge in [0, 0.05) is 12.6 Å². The lowest BCUT2D eigenvalue weighted by molar-refractivity contribution is 0.134. The van der Waals surface area contributed by atoms with Gasteiger partial charge in [-0.1, -0.05) is 18.6 Å². The van der Waals surface area contributed by atoms with Gasteiger partial charge in [0.1, 0.15) is 5.82 Å². The third-order valence-electron chi connectivity index (χ3n) is 3.52. The van der Waals surface area contributed by atoms with E-state index < -0.39 is 0 Å². The number of nitrogens with two attached hydrogens (primary N) is 1. The highest BCUT2D eigenvalue weighted by Gasteiger charge is 2.21. The Kier molecular flexibility index (Phi) is 6.61. The lowest BCUT2D eigenvalue weighted by Crippen LogP contribution is -2.40. The maximum absolute atomic E-state index is 13.1. The second-order valence-electron chi connectivity index (χ2n) is 4.83. The van der Waals surface area contributed by atoms with E-state index in [0.717, 1.165) is 31.6 Å². The molecular formula is C14H22ClFN2. The molecule has 1 saturated heterocycles. The quantitative estimate of drug-likeness (QED) is 0.913. The molecule has 1 fully saturated rings. The summed E-state index contributed by atoms with van der Waals surface area (Å²) in [5.41, 5.74) is 6.72. The van der Waals surface area contributed by atoms with E-state index in [1.165, 1.54) is 25.3 Å². The van der Waals surface area contributed by atoms with Crippen LogP contribution in [0.1, 0.15) is 31.2 Å². The van der Waals surface area contributed by atoms with Gasteiger partial charge in [0.05, 0.1) is 0 Å². The van der Waals surface area contributed by atoms with Crippen LogP contribution in [0.15, 0.2) is 24.3 Å². The first-order chi connectivity index (χ1) is 8.29. The van der Waals surface area contributed by atoms with E-state index >= 15 is 0 Å². The topological polar surface area (TPSA) is 29.3 Å². The summed E-state index contributed by atoms with van der Waals surface area (Å²) in [6.45, 7) is 2.70. The molecule has 1 aliphatic rings. The number of halogens is 2. The number of piperidine rings is 1. The summed E-state index contributed by atoms with van der Waals surface area (Å²) >= 11 is 0. The summed E-state index contributed by atoms with van der Waals surface area (Å²) in [5, 5.41) is 0. The molecule has 0 amide bonds. The highest BCUT2D eigenvalue weighted by atomic mass is 35.5. The predicted octanol–water partition coefficient (Wildman–Crippen LogP) is 2.95. The van der Waals surface area contributed by atoms with Crippen molar-refractivity contribution in [1.82, 2.24) is 4.90 Å². The predicted molar refractivity (Wildman–Crippen MR) is 75.4 cm³/mol. The van der Waals surface area contributed by atoms with Gasteiger partial charge in [-0.15, -0.1) is 12.4 Å². The van der Waals surface area contributed by atoms with Gasteiger partial charge in [-0.2, -0.15) is 0 Å². The van der Waals surface area contributed by atoms with E-state index in [1.54, 1.807) is 12.1 Å². The fourth-order valence-electron chi connectivity index (χ4n) is 2.66. The average molecular weight is 273 g/mol. The summed E-state index contributed by atoms with van der Waals surface area (Å²) in [4.78, 5) is 2.45. The fraction of sp³-hybridized carbons (Fsp3) is 0.571. The number of hydrogen-bond donors (Lipinski definition) is 1. The highest BCUT2D eigenvalue weighted by Crippen LogP contribution is 2.21. The zero-order chi connectivity index (χ0) is 12.1. The highest BCUT2D eigenvalue weighted by molar-refractivity contribution is 5.85. The molecule has 102 valence electrons. The van der Waals surface area contributed by atoms with Crippen LogP contribution in [0.3, 0.4) is 0 Å². The van der Waals surface area contributed by atoms with Crippen molar-refractivity contribution in [3.63, 3.8) is 0 Å². The number of benzene rings is 1. The molecule has 2 rings (SSSR count). The largest absolute Gasteiger partial charge is 0.330 e. The van der Waals surface area contributed by atoms with E-state index in [4.69, 9.17) is 5.73 Å². The maximum Gasteiger partial charge on any atom is 0.123 e. The van der Waals surface area contributed by atoms with E-state index in [9.17, 15) is 4.39 Å². The smallest absolute Gasteiger partial charge is 0.123 e. The van der Waals surface area contributed by atoms with Gasteiger partial charge in [0.2, 0.25) is 0 Å². The first kappa shape index (κ1) is 15.4. The first-order valence-electron chi connectivity index (χ1n) is 6.48. The second kappa shape index (κ2) is 7.72. The summed E-state index contributed by atoms with van der Waals surface area (Å²) in [5.74, 6) is -0.144. The summed E-state index contributed by atoms with van der Waals surface area (Å²) < 4.78 is 13.1. The molecule has 0 aliphatic carbocycles. The Morgan fingerprint density at radius 1 is 1.33 bits per heavy atom. The van der Waals surface area contributed by atoms with Crippen molar-refractivity contribution < 1.29 is 4.39 Å². The summed E-state index contributed by atoms with van der Waals surface area (Å²) in [7, 11) is 0. The lowest BCUT2D eigenvalue weighted by Gasteiger charge is -2.35. The molecule has 0 spiro atoms. The van der Waals surface area contributed by atoms with Crippen LogP contribution in [0.25, 0.3) is 0 Å². The van der Waals surface area contributed by atoms with Crippen molar-refractivity contribution in [2.75, 3.05) is 13.1 Å². The number of nitrogens with zero attached hydrogens (tertiary/aromatic N) is 1. The Morgan fingerprint density at radius 2 is 2.17 bits per heavy atom. The Labute approximate surface area is 115 Å². The Balaban J connectivity index is 0.00000162. The molecule has 0 aromatic heterocycles. The molecule has 1 aromatic carbocycles. The van der Waals surface area contributed by atoms with Crippen LogP contribution in [0.4, 0.5) is 4.39 Å².